The number of allylic oxidation sites excluding steroid dienone is 1. The van der Waals surface area contributed by atoms with Gasteiger partial charge in [-0.3, -0.25) is 0 Å². The predicted octanol–water partition coefficient (Wildman–Crippen LogP) is 9.24. The molecule has 0 fully saturated rings. The summed E-state index contributed by atoms with van der Waals surface area (Å²) >= 11 is 16.9. The predicted molar refractivity (Wildman–Crippen MR) is 186 cm³/mol. The van der Waals surface area contributed by atoms with Gasteiger partial charge in [0.15, 0.2) is 11.1 Å². The monoisotopic (exact) mass is 836 g/mol. The van der Waals surface area contributed by atoms with Crippen LogP contribution in [0.3, 0.4) is 0 Å². The number of halogens is 5. The second kappa shape index (κ2) is 10.2. The third-order valence-corrected chi connectivity index (χ3v) is 14.4. The molecule has 2 aliphatic rings. The van der Waals surface area contributed by atoms with Crippen molar-refractivity contribution >= 4 is 126 Å². The highest BCUT2D eigenvalue weighted by atomic mass is 79.9. The highest BCUT2D eigenvalue weighted by Crippen LogP contribution is 2.47. The molecule has 0 aliphatic carbocycles. The van der Waals surface area contributed by atoms with Crippen molar-refractivity contribution in [1.82, 2.24) is 8.96 Å². The van der Waals surface area contributed by atoms with Crippen LogP contribution in [0.5, 0.6) is 0 Å². The fourth-order valence-corrected chi connectivity index (χ4v) is 11.6. The number of hydrogen-bond donors (Lipinski definition) is 0. The Kier molecular flexibility index (Phi) is 6.69. The minimum Gasteiger partial charge on any atom is -0.465 e. The molecule has 4 nitrogen and oxygen atoms in total. The summed E-state index contributed by atoms with van der Waals surface area (Å²) in [6.45, 7) is -4.28. The molecule has 0 saturated carbocycles. The molecule has 0 unspecified atom stereocenters. The Hall–Kier alpha value is -2.20. The zero-order valence-electron chi connectivity index (χ0n) is 21.7. The van der Waals surface area contributed by atoms with Crippen LogP contribution in [-0.4, -0.2) is 24.5 Å². The lowest BCUT2D eigenvalue weighted by molar-refractivity contribution is 0.0600. The third-order valence-electron chi connectivity index (χ3n) is 7.49. The number of methoxy groups -OCH3 is 1. The summed E-state index contributed by atoms with van der Waals surface area (Å²) < 4.78 is 45.7. The van der Waals surface area contributed by atoms with Crippen molar-refractivity contribution in [2.45, 2.75) is 0 Å². The fraction of sp³-hybridized carbons (Fsp3) is 0.0345. The highest BCUT2D eigenvalue weighted by molar-refractivity contribution is 9.15. The fourth-order valence-electron chi connectivity index (χ4n) is 5.69. The van der Waals surface area contributed by atoms with E-state index in [1.807, 2.05) is 42.5 Å². The van der Waals surface area contributed by atoms with Crippen molar-refractivity contribution in [3.8, 4) is 19.5 Å². The molecule has 0 bridgehead atoms. The molecule has 5 aromatic heterocycles. The van der Waals surface area contributed by atoms with Crippen LogP contribution in [0.1, 0.15) is 21.6 Å². The van der Waals surface area contributed by atoms with E-state index in [9.17, 15) is 4.79 Å². The van der Waals surface area contributed by atoms with Crippen molar-refractivity contribution in [2.75, 3.05) is 7.11 Å². The van der Waals surface area contributed by atoms with Crippen molar-refractivity contribution in [2.24, 2.45) is 0 Å². The van der Waals surface area contributed by atoms with Crippen LogP contribution in [0.2, 0.25) is 0 Å². The van der Waals surface area contributed by atoms with Gasteiger partial charge in [-0.15, -0.1) is 45.3 Å². The molecule has 43 heavy (non-hydrogen) atoms. The van der Waals surface area contributed by atoms with E-state index in [4.69, 9.17) is 4.74 Å². The second-order valence-electron chi connectivity index (χ2n) is 9.86. The summed E-state index contributed by atoms with van der Waals surface area (Å²) in [6, 6.07) is 20.5. The first kappa shape index (κ1) is 28.3. The molecule has 214 valence electrons. The number of nitrogens with zero attached hydrogens (tertiary/aromatic N) is 2. The average molecular weight is 839 g/mol. The number of carbonyl (C=O) groups excluding carboxylic acids is 1. The number of carbonyl (C=O) groups is 1. The lowest BCUT2D eigenvalue weighted by Gasteiger charge is -2.32. The van der Waals surface area contributed by atoms with Gasteiger partial charge in [0.05, 0.1) is 35.4 Å². The normalized spacial score (nSPS) is 15.3. The van der Waals surface area contributed by atoms with E-state index in [1.165, 1.54) is 38.7 Å². The standard InChI is InChI=1S/C29H14BBr3F2N2O2S4/c1-39-29(38)14-4-2-13(3-5-14)25-16-11-20-15(10-21(40-20)18-6-8-23(31)41-18)36(16)30(34,35)37-17-12-22(19-7-9-24(32)42-19)43-28(17)26(33)27(25)37/h2-12H,1H3. The van der Waals surface area contributed by atoms with Gasteiger partial charge in [0.2, 0.25) is 0 Å². The lowest BCUT2D eigenvalue weighted by atomic mass is 9.86. The van der Waals surface area contributed by atoms with Gasteiger partial charge in [-0.25, -0.2) is 4.79 Å². The Balaban J connectivity index is 1.43. The Morgan fingerprint density at radius 2 is 1.49 bits per heavy atom. The van der Waals surface area contributed by atoms with Crippen LogP contribution in [0, 0.1) is 0 Å². The molecule has 0 N–H and O–H groups in total. The highest BCUT2D eigenvalue weighted by Gasteiger charge is 2.55. The summed E-state index contributed by atoms with van der Waals surface area (Å²) in [4.78, 5) is 16.1. The number of rotatable bonds is 4. The number of aromatic nitrogens is 1. The zero-order chi connectivity index (χ0) is 29.8. The van der Waals surface area contributed by atoms with Gasteiger partial charge in [0.25, 0.3) is 0 Å². The van der Waals surface area contributed by atoms with Crippen LogP contribution >= 0.6 is 93.1 Å². The largest absolute Gasteiger partial charge is 0.738 e. The van der Waals surface area contributed by atoms with Gasteiger partial charge in [-0.1, -0.05) is 12.1 Å². The summed E-state index contributed by atoms with van der Waals surface area (Å²) in [5.41, 5.74) is 3.15. The number of fused-ring (bicyclic) bond motifs is 5. The zero-order valence-corrected chi connectivity index (χ0v) is 29.7. The molecule has 2 aliphatic heterocycles. The molecule has 14 heteroatoms. The van der Waals surface area contributed by atoms with Crippen LogP contribution in [0.4, 0.5) is 8.63 Å². The smallest absolute Gasteiger partial charge is 0.465 e. The summed E-state index contributed by atoms with van der Waals surface area (Å²) in [7, 11) is 1.33. The van der Waals surface area contributed by atoms with Gasteiger partial charge in [-0.05, 0) is 102 Å². The Labute approximate surface area is 284 Å². The number of benzene rings is 1. The van der Waals surface area contributed by atoms with E-state index in [-0.39, 0.29) is 0 Å². The number of thiophene rings is 4. The van der Waals surface area contributed by atoms with Gasteiger partial charge in [0.1, 0.15) is 9.01 Å². The van der Waals surface area contributed by atoms with Crippen LogP contribution in [0.15, 0.2) is 80.0 Å². The molecule has 0 spiro atoms. The van der Waals surface area contributed by atoms with E-state index >= 15 is 8.63 Å². The molecule has 1 aromatic carbocycles. The lowest BCUT2D eigenvalue weighted by Crippen LogP contribution is -2.56. The molecule has 8 rings (SSSR count). The summed E-state index contributed by atoms with van der Waals surface area (Å²) in [5, 5.41) is 0.477. The molecule has 0 atom stereocenters. The van der Waals surface area contributed by atoms with Crippen molar-refractivity contribution in [3.05, 3.63) is 107 Å². The minimum atomic E-state index is -4.28. The maximum atomic E-state index is 17.1. The minimum absolute atomic E-state index is 0.391. The van der Waals surface area contributed by atoms with Gasteiger partial charge < -0.3 is 22.3 Å². The molecule has 6 aromatic rings. The first-order chi connectivity index (χ1) is 20.7. The van der Waals surface area contributed by atoms with Gasteiger partial charge >= 0.3 is 12.9 Å². The second-order valence-corrected chi connectivity index (χ2v) is 17.7. The van der Waals surface area contributed by atoms with E-state index in [1.54, 1.807) is 46.9 Å². The molecule has 0 radical (unpaired) electrons. The average Bonchev–Trinajstić information content (AvgIpc) is 3.81. The number of esters is 1. The van der Waals surface area contributed by atoms with Crippen LogP contribution in [0.25, 0.3) is 39.8 Å². The Morgan fingerprint density at radius 3 is 2.09 bits per heavy atom. The Bertz CT molecular complexity index is 2330. The molecule has 7 heterocycles. The molecule has 0 amide bonds. The first-order valence-electron chi connectivity index (χ1n) is 12.7. The summed E-state index contributed by atoms with van der Waals surface area (Å²) in [5.74, 6) is -0.454. The van der Waals surface area contributed by atoms with E-state index in [0.29, 0.717) is 37.9 Å². The first-order valence-corrected chi connectivity index (χ1v) is 18.4. The van der Waals surface area contributed by atoms with Crippen molar-refractivity contribution in [1.29, 1.82) is 0 Å². The van der Waals surface area contributed by atoms with Crippen LogP contribution in [-0.2, 0) is 4.74 Å². The SMILES string of the molecule is COC(=O)c1ccc(C2=C3C(Br)=c4sc(-c5ccc(Br)s5)cc4=[N+]3[B-](F)(F)n3c2cc2sc(-c4ccc(Br)s4)cc23)cc1. The maximum Gasteiger partial charge on any atom is 0.738 e. The third kappa shape index (κ3) is 4.24. The van der Waals surface area contributed by atoms with Gasteiger partial charge in [-0.2, -0.15) is 0 Å². The number of hydrogen-bond acceptors (Lipinski definition) is 6. The van der Waals surface area contributed by atoms with Crippen molar-refractivity contribution < 1.29 is 18.2 Å². The van der Waals surface area contributed by atoms with Crippen LogP contribution < -0.4 is 14.4 Å². The topological polar surface area (TPSA) is 34.2 Å². The van der Waals surface area contributed by atoms with Crippen molar-refractivity contribution in [3.63, 3.8) is 0 Å². The molecular formula is C29H14BBr3F2N2O2S4. The van der Waals surface area contributed by atoms with Gasteiger partial charge in [0, 0.05) is 31.9 Å². The Morgan fingerprint density at radius 1 is 0.837 bits per heavy atom. The van der Waals surface area contributed by atoms with E-state index in [0.717, 1.165) is 41.9 Å². The molecular weight excluding hydrogens is 825 g/mol. The maximum absolute atomic E-state index is 17.1. The quantitative estimate of drug-likeness (QED) is 0.131. The molecule has 0 saturated heterocycles. The van der Waals surface area contributed by atoms with E-state index < -0.39 is 12.9 Å². The van der Waals surface area contributed by atoms with E-state index in [2.05, 4.69) is 47.8 Å². The summed E-state index contributed by atoms with van der Waals surface area (Å²) in [6.07, 6.45) is 0. The number of ether oxygens (including phenoxy) is 1.